The first-order chi connectivity index (χ1) is 11.0. The highest BCUT2D eigenvalue weighted by Gasteiger charge is 2.19. The monoisotopic (exact) mass is 354 g/mol. The molecule has 2 heterocycles. The minimum atomic E-state index is -0.731. The van der Waals surface area contributed by atoms with Crippen LogP contribution in [0.25, 0.3) is 0 Å². The average Bonchev–Trinajstić information content (AvgIpc) is 3.22. The second-order valence-corrected chi connectivity index (χ2v) is 6.46. The summed E-state index contributed by atoms with van der Waals surface area (Å²) in [6.07, 6.45) is 1.45. The van der Waals surface area contributed by atoms with Crippen molar-refractivity contribution in [2.45, 2.75) is 38.5 Å². The van der Waals surface area contributed by atoms with Gasteiger partial charge in [-0.2, -0.15) is 22.7 Å². The summed E-state index contributed by atoms with van der Waals surface area (Å²) < 4.78 is 4.69. The van der Waals surface area contributed by atoms with Crippen molar-refractivity contribution in [3.63, 3.8) is 0 Å². The summed E-state index contributed by atoms with van der Waals surface area (Å²) in [7, 11) is 1.43. The Labute approximate surface area is 144 Å². The Hall–Kier alpha value is -1.66. The Balaban J connectivity index is 0.000000231. The van der Waals surface area contributed by atoms with Crippen LogP contribution < -0.4 is 0 Å². The first-order valence-electron chi connectivity index (χ1n) is 7.39. The van der Waals surface area contributed by atoms with Gasteiger partial charge in [0.1, 0.15) is 0 Å². The molecule has 2 atom stereocenters. The topological polar surface area (TPSA) is 63.6 Å². The van der Waals surface area contributed by atoms with Crippen molar-refractivity contribution < 1.29 is 19.4 Å². The number of ether oxygens (including phenoxy) is 1. The van der Waals surface area contributed by atoms with E-state index in [0.29, 0.717) is 6.42 Å². The van der Waals surface area contributed by atoms with E-state index in [-0.39, 0.29) is 17.8 Å². The third-order valence-corrected chi connectivity index (χ3v) is 4.89. The fraction of sp³-hybridized carbons (Fsp3) is 0.412. The van der Waals surface area contributed by atoms with E-state index in [9.17, 15) is 9.59 Å². The number of carboxylic acid groups (broad SMARTS) is 1. The summed E-state index contributed by atoms with van der Waals surface area (Å²) in [5.74, 6) is -1.27. The van der Waals surface area contributed by atoms with Gasteiger partial charge in [-0.05, 0) is 57.6 Å². The van der Waals surface area contributed by atoms with Gasteiger partial charge in [-0.3, -0.25) is 9.59 Å². The number of carbonyl (C=O) groups excluding carboxylic acids is 1. The number of aliphatic carboxylic acids is 1. The van der Waals surface area contributed by atoms with Crippen LogP contribution in [0.15, 0.2) is 33.7 Å². The molecule has 2 aromatic rings. The third kappa shape index (κ3) is 5.80. The van der Waals surface area contributed by atoms with E-state index in [1.807, 2.05) is 47.5 Å². The maximum atomic E-state index is 11.2. The van der Waals surface area contributed by atoms with Gasteiger partial charge in [0, 0.05) is 0 Å². The fourth-order valence-corrected chi connectivity index (χ4v) is 3.61. The quantitative estimate of drug-likeness (QED) is 0.761. The number of esters is 1. The standard InChI is InChI=1S/C9H12O2S.C8H10O2S/c1-3-8(9(10)11-2)7-4-5-12-6-7;1-2-7(8(9)10)6-3-4-11-5-6/h4-6,8H,3H2,1-2H3;3-5,7H,2H2,1H3,(H,9,10). The maximum absolute atomic E-state index is 11.2. The van der Waals surface area contributed by atoms with E-state index in [2.05, 4.69) is 0 Å². The molecule has 2 rings (SSSR count). The molecule has 1 N–H and O–H groups in total. The average molecular weight is 354 g/mol. The van der Waals surface area contributed by atoms with Crippen LogP contribution in [0, 0.1) is 0 Å². The van der Waals surface area contributed by atoms with Crippen LogP contribution in [0.4, 0.5) is 0 Å². The van der Waals surface area contributed by atoms with Gasteiger partial charge in [0.25, 0.3) is 0 Å². The molecule has 0 aliphatic heterocycles. The lowest BCUT2D eigenvalue weighted by atomic mass is 10.0. The molecule has 0 aliphatic carbocycles. The molecule has 4 nitrogen and oxygen atoms in total. The summed E-state index contributed by atoms with van der Waals surface area (Å²) in [4.78, 5) is 21.9. The van der Waals surface area contributed by atoms with Crippen LogP contribution in [0.3, 0.4) is 0 Å². The zero-order valence-electron chi connectivity index (χ0n) is 13.5. The Kier molecular flexibility index (Phi) is 8.58. The number of carbonyl (C=O) groups is 2. The molecule has 2 aromatic heterocycles. The molecule has 0 bridgehead atoms. The molecule has 0 aliphatic rings. The van der Waals surface area contributed by atoms with Crippen LogP contribution in [0.1, 0.15) is 49.7 Å². The molecule has 0 amide bonds. The number of methoxy groups -OCH3 is 1. The van der Waals surface area contributed by atoms with Gasteiger partial charge in [0.2, 0.25) is 0 Å². The van der Waals surface area contributed by atoms with Gasteiger partial charge in [0.05, 0.1) is 18.9 Å². The largest absolute Gasteiger partial charge is 0.481 e. The van der Waals surface area contributed by atoms with Gasteiger partial charge < -0.3 is 9.84 Å². The predicted molar refractivity (Wildman–Crippen MR) is 94.4 cm³/mol. The highest BCUT2D eigenvalue weighted by molar-refractivity contribution is 7.08. The molecule has 126 valence electrons. The number of thiophene rings is 2. The maximum Gasteiger partial charge on any atom is 0.313 e. The van der Waals surface area contributed by atoms with E-state index in [4.69, 9.17) is 9.84 Å². The van der Waals surface area contributed by atoms with Crippen molar-refractivity contribution in [3.05, 3.63) is 44.8 Å². The molecule has 0 aromatic carbocycles. The predicted octanol–water partition coefficient (Wildman–Crippen LogP) is 4.74. The fourth-order valence-electron chi connectivity index (χ4n) is 2.18. The second-order valence-electron chi connectivity index (χ2n) is 4.90. The number of rotatable bonds is 6. The van der Waals surface area contributed by atoms with E-state index >= 15 is 0 Å². The molecule has 0 saturated carbocycles. The van der Waals surface area contributed by atoms with E-state index in [0.717, 1.165) is 17.5 Å². The van der Waals surface area contributed by atoms with E-state index < -0.39 is 5.97 Å². The molecular weight excluding hydrogens is 332 g/mol. The summed E-state index contributed by atoms with van der Waals surface area (Å²) in [5.41, 5.74) is 1.99. The van der Waals surface area contributed by atoms with Gasteiger partial charge in [-0.1, -0.05) is 13.8 Å². The first-order valence-corrected chi connectivity index (χ1v) is 9.28. The van der Waals surface area contributed by atoms with Crippen LogP contribution in [-0.4, -0.2) is 24.2 Å². The lowest BCUT2D eigenvalue weighted by Crippen LogP contribution is -2.12. The summed E-state index contributed by atoms with van der Waals surface area (Å²) >= 11 is 3.14. The zero-order chi connectivity index (χ0) is 17.2. The van der Waals surface area contributed by atoms with Gasteiger partial charge in [-0.15, -0.1) is 0 Å². The van der Waals surface area contributed by atoms with Gasteiger partial charge in [0.15, 0.2) is 0 Å². The van der Waals surface area contributed by atoms with Crippen LogP contribution >= 0.6 is 22.7 Å². The summed E-state index contributed by atoms with van der Waals surface area (Å²) in [6, 6.07) is 3.84. The highest BCUT2D eigenvalue weighted by Crippen LogP contribution is 2.23. The van der Waals surface area contributed by atoms with Crippen molar-refractivity contribution in [1.82, 2.24) is 0 Å². The molecular formula is C17H22O4S2. The number of hydrogen-bond acceptors (Lipinski definition) is 5. The third-order valence-electron chi connectivity index (χ3n) is 3.49. The van der Waals surface area contributed by atoms with Gasteiger partial charge >= 0.3 is 11.9 Å². The SMILES string of the molecule is CCC(C(=O)O)c1ccsc1.CCC(C(=O)OC)c1ccsc1. The lowest BCUT2D eigenvalue weighted by molar-refractivity contribution is -0.142. The lowest BCUT2D eigenvalue weighted by Gasteiger charge is -2.09. The van der Waals surface area contributed by atoms with Crippen molar-refractivity contribution in [2.24, 2.45) is 0 Å². The summed E-state index contributed by atoms with van der Waals surface area (Å²) in [6.45, 7) is 3.87. The first kappa shape index (κ1) is 19.4. The van der Waals surface area contributed by atoms with Crippen LogP contribution in [-0.2, 0) is 14.3 Å². The Morgan fingerprint density at radius 1 is 1.04 bits per heavy atom. The molecule has 0 fully saturated rings. The Morgan fingerprint density at radius 3 is 1.83 bits per heavy atom. The Morgan fingerprint density at radius 2 is 1.52 bits per heavy atom. The molecule has 2 unspecified atom stereocenters. The highest BCUT2D eigenvalue weighted by atomic mass is 32.1. The van der Waals surface area contributed by atoms with E-state index in [1.165, 1.54) is 18.4 Å². The zero-order valence-corrected chi connectivity index (χ0v) is 15.2. The molecule has 0 spiro atoms. The molecule has 6 heteroatoms. The van der Waals surface area contributed by atoms with Crippen LogP contribution in [0.5, 0.6) is 0 Å². The minimum absolute atomic E-state index is 0.0822. The molecule has 0 saturated heterocycles. The molecule has 0 radical (unpaired) electrons. The van der Waals surface area contributed by atoms with Crippen molar-refractivity contribution in [2.75, 3.05) is 7.11 Å². The summed E-state index contributed by atoms with van der Waals surface area (Å²) in [5, 5.41) is 16.5. The number of hydrogen-bond donors (Lipinski definition) is 1. The molecule has 23 heavy (non-hydrogen) atoms. The van der Waals surface area contributed by atoms with Crippen molar-refractivity contribution in [1.29, 1.82) is 0 Å². The van der Waals surface area contributed by atoms with Crippen LogP contribution in [0.2, 0.25) is 0 Å². The van der Waals surface area contributed by atoms with E-state index in [1.54, 1.807) is 11.3 Å². The normalized spacial score (nSPS) is 12.7. The Bertz CT molecular complexity index is 576. The van der Waals surface area contributed by atoms with Crippen molar-refractivity contribution in [3.8, 4) is 0 Å². The second kappa shape index (κ2) is 10.2. The number of carboxylic acids is 1. The van der Waals surface area contributed by atoms with Crippen molar-refractivity contribution >= 4 is 34.6 Å². The minimum Gasteiger partial charge on any atom is -0.481 e. The smallest absolute Gasteiger partial charge is 0.313 e. The van der Waals surface area contributed by atoms with Gasteiger partial charge in [-0.25, -0.2) is 0 Å².